The molecule has 1 aromatic carbocycles. The zero-order valence-corrected chi connectivity index (χ0v) is 15.2. The lowest BCUT2D eigenvalue weighted by Gasteiger charge is -2.15. The van der Waals surface area contributed by atoms with Gasteiger partial charge >= 0.3 is 0 Å². The fraction of sp³-hybridized carbons (Fsp3) is 0.118. The molecule has 0 saturated carbocycles. The van der Waals surface area contributed by atoms with E-state index in [4.69, 9.17) is 11.6 Å². The number of benzene rings is 1. The number of fused-ring (bicyclic) bond motifs is 3. The lowest BCUT2D eigenvalue weighted by Crippen LogP contribution is -2.21. The van der Waals surface area contributed by atoms with Gasteiger partial charge in [0.05, 0.1) is 11.4 Å². The summed E-state index contributed by atoms with van der Waals surface area (Å²) in [5.41, 5.74) is 2.42. The van der Waals surface area contributed by atoms with Crippen LogP contribution in [0.2, 0.25) is 5.02 Å². The minimum Gasteiger partial charge on any atom is -0.346 e. The van der Waals surface area contributed by atoms with Crippen molar-refractivity contribution in [3.63, 3.8) is 0 Å². The van der Waals surface area contributed by atoms with E-state index in [1.165, 1.54) is 20.9 Å². The molecule has 1 aliphatic heterocycles. The maximum absolute atomic E-state index is 12.4. The molecule has 0 radical (unpaired) electrons. The standard InChI is InChI=1S/C17H12ClNOS3/c18-11-3-4-13-14(7-11)22-9-10-6-15(23-16(10)13)17(20)19-8-12-2-1-5-21-12/h1-7H,8-9H2,(H,19,20). The zero-order chi connectivity index (χ0) is 15.8. The molecule has 0 aliphatic carbocycles. The highest BCUT2D eigenvalue weighted by molar-refractivity contribution is 7.98. The van der Waals surface area contributed by atoms with E-state index in [0.717, 1.165) is 20.5 Å². The lowest BCUT2D eigenvalue weighted by atomic mass is 10.1. The molecule has 2 nitrogen and oxygen atoms in total. The van der Waals surface area contributed by atoms with Gasteiger partial charge in [0.2, 0.25) is 0 Å². The van der Waals surface area contributed by atoms with Gasteiger partial charge in [0, 0.05) is 31.0 Å². The summed E-state index contributed by atoms with van der Waals surface area (Å²) in [5, 5.41) is 5.77. The molecule has 3 heterocycles. The highest BCUT2D eigenvalue weighted by atomic mass is 35.5. The molecule has 0 spiro atoms. The second-order valence-electron chi connectivity index (χ2n) is 5.16. The largest absolute Gasteiger partial charge is 0.346 e. The van der Waals surface area contributed by atoms with E-state index in [1.807, 2.05) is 41.8 Å². The van der Waals surface area contributed by atoms with Gasteiger partial charge in [-0.1, -0.05) is 23.7 Å². The Morgan fingerprint density at radius 2 is 2.17 bits per heavy atom. The minimum atomic E-state index is -0.00156. The molecule has 23 heavy (non-hydrogen) atoms. The van der Waals surface area contributed by atoms with Gasteiger partial charge in [-0.2, -0.15) is 0 Å². The number of halogens is 1. The Kier molecular flexibility index (Phi) is 4.20. The second kappa shape index (κ2) is 6.32. The molecule has 0 unspecified atom stereocenters. The van der Waals surface area contributed by atoms with Gasteiger partial charge in [0.15, 0.2) is 0 Å². The molecular weight excluding hydrogens is 366 g/mol. The fourth-order valence-electron chi connectivity index (χ4n) is 2.50. The van der Waals surface area contributed by atoms with E-state index in [0.29, 0.717) is 6.54 Å². The Bertz CT molecular complexity index is 870. The van der Waals surface area contributed by atoms with E-state index >= 15 is 0 Å². The van der Waals surface area contributed by atoms with Gasteiger partial charge in [0.1, 0.15) is 0 Å². The normalized spacial score (nSPS) is 12.6. The van der Waals surface area contributed by atoms with Crippen LogP contribution in [0.3, 0.4) is 0 Å². The Balaban J connectivity index is 1.58. The van der Waals surface area contributed by atoms with Crippen LogP contribution in [-0.4, -0.2) is 5.91 Å². The first-order valence-electron chi connectivity index (χ1n) is 7.07. The number of carbonyl (C=O) groups excluding carboxylic acids is 1. The van der Waals surface area contributed by atoms with Crippen molar-refractivity contribution in [2.75, 3.05) is 0 Å². The molecule has 2 aromatic heterocycles. The van der Waals surface area contributed by atoms with Gasteiger partial charge in [-0.05, 0) is 35.2 Å². The number of thiophene rings is 2. The number of carbonyl (C=O) groups is 1. The van der Waals surface area contributed by atoms with Crippen molar-refractivity contribution in [2.45, 2.75) is 17.2 Å². The predicted molar refractivity (Wildman–Crippen MR) is 99.8 cm³/mol. The summed E-state index contributed by atoms with van der Waals surface area (Å²) in [4.78, 5) is 16.7. The summed E-state index contributed by atoms with van der Waals surface area (Å²) in [6.45, 7) is 0.583. The molecule has 6 heteroatoms. The average Bonchev–Trinajstić information content (AvgIpc) is 3.21. The van der Waals surface area contributed by atoms with Crippen LogP contribution < -0.4 is 5.32 Å². The molecule has 1 amide bonds. The zero-order valence-electron chi connectivity index (χ0n) is 12.0. The van der Waals surface area contributed by atoms with Crippen molar-refractivity contribution in [3.8, 4) is 10.4 Å². The van der Waals surface area contributed by atoms with Crippen molar-refractivity contribution < 1.29 is 4.79 Å². The van der Waals surface area contributed by atoms with Crippen molar-refractivity contribution in [2.24, 2.45) is 0 Å². The van der Waals surface area contributed by atoms with E-state index < -0.39 is 0 Å². The molecule has 4 rings (SSSR count). The van der Waals surface area contributed by atoms with E-state index in [9.17, 15) is 4.79 Å². The Morgan fingerprint density at radius 1 is 1.26 bits per heavy atom. The van der Waals surface area contributed by atoms with E-state index in [2.05, 4.69) is 5.32 Å². The monoisotopic (exact) mass is 377 g/mol. The number of rotatable bonds is 3. The average molecular weight is 378 g/mol. The van der Waals surface area contributed by atoms with Crippen LogP contribution in [0.25, 0.3) is 10.4 Å². The molecule has 3 aromatic rings. The summed E-state index contributed by atoms with van der Waals surface area (Å²) in [7, 11) is 0. The van der Waals surface area contributed by atoms with Crippen LogP contribution >= 0.6 is 46.0 Å². The van der Waals surface area contributed by atoms with Crippen molar-refractivity contribution in [3.05, 3.63) is 62.1 Å². The summed E-state index contributed by atoms with van der Waals surface area (Å²) in [5.74, 6) is 0.885. The molecule has 0 bridgehead atoms. The van der Waals surface area contributed by atoms with Gasteiger partial charge in [0.25, 0.3) is 5.91 Å². The van der Waals surface area contributed by atoms with Gasteiger partial charge < -0.3 is 5.32 Å². The van der Waals surface area contributed by atoms with E-state index in [1.54, 1.807) is 34.4 Å². The Hall–Kier alpha value is -1.27. The summed E-state index contributed by atoms with van der Waals surface area (Å²) in [6.07, 6.45) is 0. The van der Waals surface area contributed by atoms with Crippen molar-refractivity contribution in [1.29, 1.82) is 0 Å². The number of amides is 1. The molecule has 1 aliphatic rings. The van der Waals surface area contributed by atoms with Crippen LogP contribution in [0.4, 0.5) is 0 Å². The third-order valence-electron chi connectivity index (χ3n) is 3.61. The highest BCUT2D eigenvalue weighted by Crippen LogP contribution is 2.46. The molecular formula is C17H12ClNOS3. The summed E-state index contributed by atoms with van der Waals surface area (Å²) in [6, 6.07) is 12.0. The summed E-state index contributed by atoms with van der Waals surface area (Å²) >= 11 is 11.1. The molecule has 0 fully saturated rings. The molecule has 0 saturated heterocycles. The van der Waals surface area contributed by atoms with Crippen LogP contribution in [0.5, 0.6) is 0 Å². The Labute approximate surface area is 151 Å². The van der Waals surface area contributed by atoms with Gasteiger partial charge in [-0.25, -0.2) is 0 Å². The van der Waals surface area contributed by atoms with Crippen LogP contribution in [0.15, 0.2) is 46.7 Å². The first-order chi connectivity index (χ1) is 11.2. The number of thioether (sulfide) groups is 1. The topological polar surface area (TPSA) is 29.1 Å². The van der Waals surface area contributed by atoms with Gasteiger partial charge in [-0.3, -0.25) is 4.79 Å². The second-order valence-corrected chi connectivity index (χ2v) is 8.69. The molecule has 116 valence electrons. The predicted octanol–water partition coefficient (Wildman–Crippen LogP) is 5.67. The first kappa shape index (κ1) is 15.3. The van der Waals surface area contributed by atoms with Crippen LogP contribution in [0, 0.1) is 0 Å². The minimum absolute atomic E-state index is 0.00156. The van der Waals surface area contributed by atoms with E-state index in [-0.39, 0.29) is 5.91 Å². The quantitative estimate of drug-likeness (QED) is 0.637. The molecule has 1 N–H and O–H groups in total. The van der Waals surface area contributed by atoms with Crippen LogP contribution in [-0.2, 0) is 12.3 Å². The molecule has 0 atom stereocenters. The van der Waals surface area contributed by atoms with Crippen molar-refractivity contribution in [1.82, 2.24) is 5.32 Å². The SMILES string of the molecule is O=C(NCc1cccs1)c1cc2c(s1)-c1ccc(Cl)cc1SC2. The first-order valence-corrected chi connectivity index (χ1v) is 10.1. The third-order valence-corrected chi connectivity index (χ3v) is 7.03. The van der Waals surface area contributed by atoms with Gasteiger partial charge in [-0.15, -0.1) is 34.4 Å². The maximum atomic E-state index is 12.4. The number of hydrogen-bond donors (Lipinski definition) is 1. The lowest BCUT2D eigenvalue weighted by molar-refractivity contribution is 0.0955. The smallest absolute Gasteiger partial charge is 0.261 e. The third kappa shape index (κ3) is 3.06. The Morgan fingerprint density at radius 3 is 3.00 bits per heavy atom. The highest BCUT2D eigenvalue weighted by Gasteiger charge is 2.22. The van der Waals surface area contributed by atoms with Crippen molar-refractivity contribution >= 4 is 51.9 Å². The maximum Gasteiger partial charge on any atom is 0.261 e. The number of nitrogens with one attached hydrogen (secondary N) is 1. The van der Waals surface area contributed by atoms with Crippen LogP contribution in [0.1, 0.15) is 20.1 Å². The fourth-order valence-corrected chi connectivity index (χ4v) is 5.75. The summed E-state index contributed by atoms with van der Waals surface area (Å²) < 4.78 is 0. The number of hydrogen-bond acceptors (Lipinski definition) is 4.